The molecule has 1 amide bonds. The Morgan fingerprint density at radius 2 is 1.79 bits per heavy atom. The molecule has 1 aromatic carbocycles. The highest BCUT2D eigenvalue weighted by molar-refractivity contribution is 5.94. The van der Waals surface area contributed by atoms with Gasteiger partial charge in [-0.1, -0.05) is 12.1 Å². The Balaban J connectivity index is 1.71. The molecule has 0 atom stereocenters. The molecule has 1 N–H and O–H groups in total. The van der Waals surface area contributed by atoms with Crippen molar-refractivity contribution in [3.63, 3.8) is 0 Å². The van der Waals surface area contributed by atoms with Crippen LogP contribution in [0.3, 0.4) is 0 Å². The molecule has 1 saturated heterocycles. The highest BCUT2D eigenvalue weighted by Crippen LogP contribution is 2.28. The molecular formula is C18H21N3O3. The average Bonchev–Trinajstić information content (AvgIpc) is 2.61. The summed E-state index contributed by atoms with van der Waals surface area (Å²) in [7, 11) is 1.66. The Kier molecular flexibility index (Phi) is 4.55. The third kappa shape index (κ3) is 3.13. The van der Waals surface area contributed by atoms with E-state index in [1.54, 1.807) is 31.1 Å². The number of aryl methyl sites for hydroxylation is 1. The van der Waals surface area contributed by atoms with Gasteiger partial charge < -0.3 is 19.5 Å². The lowest BCUT2D eigenvalue weighted by Gasteiger charge is -2.36. The zero-order chi connectivity index (χ0) is 17.1. The lowest BCUT2D eigenvalue weighted by atomic mass is 10.2. The van der Waals surface area contributed by atoms with E-state index in [4.69, 9.17) is 4.74 Å². The molecule has 0 unspecified atom stereocenters. The number of hydrogen-bond donors (Lipinski definition) is 1. The van der Waals surface area contributed by atoms with Gasteiger partial charge in [0.2, 0.25) is 0 Å². The molecule has 0 radical (unpaired) electrons. The van der Waals surface area contributed by atoms with Gasteiger partial charge >= 0.3 is 0 Å². The predicted molar refractivity (Wildman–Crippen MR) is 92.9 cm³/mol. The number of anilines is 1. The number of ether oxygens (including phenoxy) is 1. The zero-order valence-electron chi connectivity index (χ0n) is 13.9. The minimum Gasteiger partial charge on any atom is -0.495 e. The van der Waals surface area contributed by atoms with Crippen LogP contribution >= 0.6 is 0 Å². The number of methoxy groups -OCH3 is 1. The normalized spacial score (nSPS) is 14.6. The number of rotatable bonds is 3. The zero-order valence-corrected chi connectivity index (χ0v) is 13.9. The minimum absolute atomic E-state index is 0.200. The monoisotopic (exact) mass is 327 g/mol. The van der Waals surface area contributed by atoms with Crippen molar-refractivity contribution >= 4 is 11.6 Å². The number of carbonyl (C=O) groups is 1. The van der Waals surface area contributed by atoms with Gasteiger partial charge in [-0.3, -0.25) is 9.59 Å². The van der Waals surface area contributed by atoms with Gasteiger partial charge in [-0.25, -0.2) is 0 Å². The highest BCUT2D eigenvalue weighted by atomic mass is 16.5. The maximum absolute atomic E-state index is 12.6. The SMILES string of the molecule is COc1ccccc1N1CCN(C(=O)c2ccc(C)[nH]c2=O)CC1. The van der Waals surface area contributed by atoms with E-state index >= 15 is 0 Å². The fraction of sp³-hybridized carbons (Fsp3) is 0.333. The van der Waals surface area contributed by atoms with E-state index in [1.165, 1.54) is 0 Å². The molecule has 3 rings (SSSR count). The smallest absolute Gasteiger partial charge is 0.260 e. The Hall–Kier alpha value is -2.76. The number of aromatic nitrogens is 1. The summed E-state index contributed by atoms with van der Waals surface area (Å²) in [6.07, 6.45) is 0. The summed E-state index contributed by atoms with van der Waals surface area (Å²) in [5.74, 6) is 0.614. The Morgan fingerprint density at radius 3 is 2.46 bits per heavy atom. The molecule has 1 aromatic heterocycles. The van der Waals surface area contributed by atoms with Crippen molar-refractivity contribution in [1.82, 2.24) is 9.88 Å². The second kappa shape index (κ2) is 6.78. The Bertz CT molecular complexity index is 792. The summed E-state index contributed by atoms with van der Waals surface area (Å²) in [6, 6.07) is 11.2. The lowest BCUT2D eigenvalue weighted by molar-refractivity contribution is 0.0745. The Morgan fingerprint density at radius 1 is 1.08 bits per heavy atom. The van der Waals surface area contributed by atoms with Crippen LogP contribution in [0.2, 0.25) is 0 Å². The van der Waals surface area contributed by atoms with Crippen molar-refractivity contribution in [2.45, 2.75) is 6.92 Å². The number of hydrogen-bond acceptors (Lipinski definition) is 4. The molecule has 1 aliphatic heterocycles. The van der Waals surface area contributed by atoms with E-state index in [1.807, 2.05) is 24.3 Å². The van der Waals surface area contributed by atoms with E-state index < -0.39 is 0 Å². The van der Waals surface area contributed by atoms with Crippen LogP contribution in [0.25, 0.3) is 0 Å². The quantitative estimate of drug-likeness (QED) is 0.931. The number of amides is 1. The van der Waals surface area contributed by atoms with Crippen LogP contribution in [-0.4, -0.2) is 49.1 Å². The second-order valence-corrected chi connectivity index (χ2v) is 5.84. The van der Waals surface area contributed by atoms with Crippen LogP contribution in [0, 0.1) is 6.92 Å². The van der Waals surface area contributed by atoms with Crippen molar-refractivity contribution in [3.8, 4) is 5.75 Å². The highest BCUT2D eigenvalue weighted by Gasteiger charge is 2.25. The van der Waals surface area contributed by atoms with Crippen LogP contribution in [0.4, 0.5) is 5.69 Å². The van der Waals surface area contributed by atoms with E-state index in [0.29, 0.717) is 26.2 Å². The average molecular weight is 327 g/mol. The van der Waals surface area contributed by atoms with Gasteiger partial charge in [0.1, 0.15) is 11.3 Å². The first-order valence-electron chi connectivity index (χ1n) is 7.97. The molecule has 6 heteroatoms. The number of aromatic amines is 1. The Labute approximate surface area is 140 Å². The van der Waals surface area contributed by atoms with Gasteiger partial charge in [0.15, 0.2) is 0 Å². The lowest BCUT2D eigenvalue weighted by Crippen LogP contribution is -2.49. The largest absolute Gasteiger partial charge is 0.495 e. The molecule has 6 nitrogen and oxygen atoms in total. The maximum atomic E-state index is 12.6. The van der Waals surface area contributed by atoms with Gasteiger partial charge in [-0.2, -0.15) is 0 Å². The van der Waals surface area contributed by atoms with Crippen LogP contribution < -0.4 is 15.2 Å². The minimum atomic E-state index is -0.327. The summed E-state index contributed by atoms with van der Waals surface area (Å²) < 4.78 is 5.40. The molecule has 2 aromatic rings. The number of carbonyl (C=O) groups excluding carboxylic acids is 1. The molecule has 0 spiro atoms. The predicted octanol–water partition coefficient (Wildman–Crippen LogP) is 1.65. The standard InChI is InChI=1S/C18H21N3O3/c1-13-7-8-14(17(22)19-13)18(23)21-11-9-20(10-12-21)15-5-3-4-6-16(15)24-2/h3-8H,9-12H2,1-2H3,(H,19,22). The van der Waals surface area contributed by atoms with Gasteiger partial charge in [-0.05, 0) is 31.2 Å². The third-order valence-corrected chi connectivity index (χ3v) is 4.28. The summed E-state index contributed by atoms with van der Waals surface area (Å²) in [6.45, 7) is 4.35. The first kappa shape index (κ1) is 16.1. The van der Waals surface area contributed by atoms with Crippen molar-refractivity contribution in [2.24, 2.45) is 0 Å². The number of nitrogens with zero attached hydrogens (tertiary/aromatic N) is 2. The summed E-state index contributed by atoms with van der Waals surface area (Å²) in [5.41, 5.74) is 1.65. The molecule has 0 aliphatic carbocycles. The van der Waals surface area contributed by atoms with Crippen molar-refractivity contribution in [3.05, 3.63) is 58.0 Å². The fourth-order valence-electron chi connectivity index (χ4n) is 2.95. The van der Waals surface area contributed by atoms with E-state index in [9.17, 15) is 9.59 Å². The van der Waals surface area contributed by atoms with Gasteiger partial charge in [0.05, 0.1) is 12.8 Å². The number of benzene rings is 1. The second-order valence-electron chi connectivity index (χ2n) is 5.84. The first-order chi connectivity index (χ1) is 11.6. The van der Waals surface area contributed by atoms with E-state index in [-0.39, 0.29) is 17.0 Å². The molecule has 0 bridgehead atoms. The van der Waals surface area contributed by atoms with Crippen LogP contribution in [0.15, 0.2) is 41.2 Å². The first-order valence-corrected chi connectivity index (χ1v) is 7.97. The van der Waals surface area contributed by atoms with Crippen LogP contribution in [0.1, 0.15) is 16.1 Å². The number of para-hydroxylation sites is 2. The molecular weight excluding hydrogens is 306 g/mol. The fourth-order valence-corrected chi connectivity index (χ4v) is 2.95. The molecule has 1 aliphatic rings. The molecule has 0 saturated carbocycles. The number of pyridine rings is 1. The number of nitrogens with one attached hydrogen (secondary N) is 1. The molecule has 2 heterocycles. The number of H-pyrrole nitrogens is 1. The van der Waals surface area contributed by atoms with E-state index in [0.717, 1.165) is 17.1 Å². The van der Waals surface area contributed by atoms with Gasteiger partial charge in [0.25, 0.3) is 11.5 Å². The third-order valence-electron chi connectivity index (χ3n) is 4.28. The van der Waals surface area contributed by atoms with Gasteiger partial charge in [-0.15, -0.1) is 0 Å². The summed E-state index contributed by atoms with van der Waals surface area (Å²) in [4.78, 5) is 31.1. The number of piperazine rings is 1. The summed E-state index contributed by atoms with van der Waals surface area (Å²) in [5, 5.41) is 0. The topological polar surface area (TPSA) is 65.6 Å². The van der Waals surface area contributed by atoms with Crippen LogP contribution in [-0.2, 0) is 0 Å². The van der Waals surface area contributed by atoms with E-state index in [2.05, 4.69) is 9.88 Å². The van der Waals surface area contributed by atoms with Crippen molar-refractivity contribution in [2.75, 3.05) is 38.2 Å². The van der Waals surface area contributed by atoms with Crippen molar-refractivity contribution in [1.29, 1.82) is 0 Å². The molecule has 126 valence electrons. The summed E-state index contributed by atoms with van der Waals surface area (Å²) >= 11 is 0. The molecule has 1 fully saturated rings. The van der Waals surface area contributed by atoms with Crippen LogP contribution in [0.5, 0.6) is 5.75 Å². The molecule has 24 heavy (non-hydrogen) atoms. The van der Waals surface area contributed by atoms with Gasteiger partial charge in [0, 0.05) is 31.9 Å². The van der Waals surface area contributed by atoms with Crippen molar-refractivity contribution < 1.29 is 9.53 Å². The maximum Gasteiger partial charge on any atom is 0.260 e.